The van der Waals surface area contributed by atoms with Crippen LogP contribution in [0.4, 0.5) is 0 Å². The maximum absolute atomic E-state index is 12.9. The molecule has 1 aromatic carbocycles. The third kappa shape index (κ3) is 12.9. The van der Waals surface area contributed by atoms with Gasteiger partial charge in [-0.2, -0.15) is 0 Å². The Morgan fingerprint density at radius 3 is 2.50 bits per heavy atom. The van der Waals surface area contributed by atoms with Crippen molar-refractivity contribution in [3.05, 3.63) is 35.9 Å². The van der Waals surface area contributed by atoms with Crippen molar-refractivity contribution in [2.24, 2.45) is 11.8 Å². The van der Waals surface area contributed by atoms with Gasteiger partial charge in [-0.1, -0.05) is 44.2 Å². The number of cyclic esters (lactones) is 1. The Bertz CT molecular complexity index is 866. The average molecular weight is 561 g/mol. The van der Waals surface area contributed by atoms with Crippen LogP contribution in [-0.2, 0) is 35.0 Å². The summed E-state index contributed by atoms with van der Waals surface area (Å²) in [7, 11) is 3.70. The zero-order valence-electron chi connectivity index (χ0n) is 25.4. The number of hydrogen-bond acceptors (Lipinski definition) is 8. The highest BCUT2D eigenvalue weighted by Crippen LogP contribution is 2.27. The predicted molar refractivity (Wildman–Crippen MR) is 157 cm³/mol. The molecule has 8 nitrogen and oxygen atoms in total. The average Bonchev–Trinajstić information content (AvgIpc) is 2.93. The first-order valence-electron chi connectivity index (χ1n) is 15.1. The minimum Gasteiger partial charge on any atom is -0.463 e. The van der Waals surface area contributed by atoms with E-state index in [1.54, 1.807) is 14.0 Å². The van der Waals surface area contributed by atoms with Crippen LogP contribution >= 0.6 is 0 Å². The van der Waals surface area contributed by atoms with Gasteiger partial charge in [0.2, 0.25) is 0 Å². The van der Waals surface area contributed by atoms with Crippen LogP contribution in [0.5, 0.6) is 0 Å². The SMILES string of the molecule is CCC(=O)OC1CC(=O)OC(C)CCN(CCCCc2ccccc2)N(C)CCC(C)CC(CC=O)CC1OC. The Balaban J connectivity index is 2.12. The van der Waals surface area contributed by atoms with Crippen LogP contribution in [0, 0.1) is 11.8 Å². The third-order valence-electron chi connectivity index (χ3n) is 7.92. The Labute approximate surface area is 241 Å². The van der Waals surface area contributed by atoms with Crippen LogP contribution < -0.4 is 0 Å². The molecule has 40 heavy (non-hydrogen) atoms. The first-order valence-corrected chi connectivity index (χ1v) is 15.1. The lowest BCUT2D eigenvalue weighted by Crippen LogP contribution is -2.43. The van der Waals surface area contributed by atoms with Crippen LogP contribution in [-0.4, -0.2) is 80.3 Å². The summed E-state index contributed by atoms with van der Waals surface area (Å²) in [6.45, 7) is 8.50. The highest BCUT2D eigenvalue weighted by atomic mass is 16.6. The van der Waals surface area contributed by atoms with Crippen LogP contribution in [0.15, 0.2) is 30.3 Å². The van der Waals surface area contributed by atoms with Gasteiger partial charge in [0.1, 0.15) is 18.5 Å². The van der Waals surface area contributed by atoms with Gasteiger partial charge in [-0.05, 0) is 69.3 Å². The van der Waals surface area contributed by atoms with Crippen molar-refractivity contribution >= 4 is 18.2 Å². The number of unbranched alkanes of at least 4 members (excludes halogenated alkanes) is 1. The maximum Gasteiger partial charge on any atom is 0.309 e. The summed E-state index contributed by atoms with van der Waals surface area (Å²) in [5.74, 6) is -0.312. The topological polar surface area (TPSA) is 85.4 Å². The maximum atomic E-state index is 12.9. The second kappa shape index (κ2) is 18.9. The predicted octanol–water partition coefficient (Wildman–Crippen LogP) is 5.23. The van der Waals surface area contributed by atoms with E-state index in [1.165, 1.54) is 5.56 Å². The number of aldehydes is 1. The van der Waals surface area contributed by atoms with E-state index in [4.69, 9.17) is 14.2 Å². The van der Waals surface area contributed by atoms with Crippen LogP contribution in [0.1, 0.15) is 84.1 Å². The van der Waals surface area contributed by atoms with Crippen molar-refractivity contribution in [3.8, 4) is 0 Å². The van der Waals surface area contributed by atoms with E-state index >= 15 is 0 Å². The van der Waals surface area contributed by atoms with Crippen molar-refractivity contribution in [2.45, 2.75) is 103 Å². The lowest BCUT2D eigenvalue weighted by Gasteiger charge is -2.34. The molecule has 2 rings (SSSR count). The molecule has 1 aliphatic rings. The first-order chi connectivity index (χ1) is 19.2. The zero-order chi connectivity index (χ0) is 29.3. The van der Waals surface area contributed by atoms with Gasteiger partial charge in [-0.25, -0.2) is 10.0 Å². The number of ether oxygens (including phenoxy) is 3. The summed E-state index contributed by atoms with van der Waals surface area (Å²) in [5, 5.41) is 4.69. The standard InChI is InChI=1S/C32H52N2O6/c1-6-31(36)40-30-24-32(37)39-26(3)16-20-34(18-11-10-14-27-12-8-7-9-13-27)33(4)19-15-25(2)22-28(17-21-35)23-29(30)38-5/h7-9,12-13,21,25-26,28-30H,6,10-11,14-20,22-24H2,1-5H3. The van der Waals surface area contributed by atoms with Gasteiger partial charge in [-0.15, -0.1) is 0 Å². The molecule has 0 N–H and O–H groups in total. The number of aryl methyl sites for hydroxylation is 1. The number of hydrazine groups is 1. The largest absolute Gasteiger partial charge is 0.463 e. The van der Waals surface area contributed by atoms with Gasteiger partial charge < -0.3 is 19.0 Å². The fourth-order valence-electron chi connectivity index (χ4n) is 5.44. The van der Waals surface area contributed by atoms with Gasteiger partial charge in [0, 0.05) is 46.6 Å². The minimum absolute atomic E-state index is 0.0684. The first kappa shape index (κ1) is 33.9. The number of carbonyl (C=O) groups is 3. The van der Waals surface area contributed by atoms with Gasteiger partial charge in [0.15, 0.2) is 0 Å². The fraction of sp³-hybridized carbons (Fsp3) is 0.719. The molecule has 1 aromatic rings. The van der Waals surface area contributed by atoms with Crippen molar-refractivity contribution in [1.82, 2.24) is 10.0 Å². The number of nitrogens with zero attached hydrogens (tertiary/aromatic N) is 2. The van der Waals surface area contributed by atoms with Crippen molar-refractivity contribution < 1.29 is 28.6 Å². The normalized spacial score (nSPS) is 26.6. The zero-order valence-corrected chi connectivity index (χ0v) is 25.4. The van der Waals surface area contributed by atoms with Gasteiger partial charge in [0.05, 0.1) is 12.5 Å². The highest BCUT2D eigenvalue weighted by Gasteiger charge is 2.32. The molecule has 1 heterocycles. The van der Waals surface area contributed by atoms with Gasteiger partial charge in [-0.3, -0.25) is 9.59 Å². The molecule has 1 aliphatic heterocycles. The fourth-order valence-corrected chi connectivity index (χ4v) is 5.44. The molecule has 0 aliphatic carbocycles. The number of esters is 2. The summed E-state index contributed by atoms with van der Waals surface area (Å²) in [6.07, 6.45) is 6.35. The van der Waals surface area contributed by atoms with E-state index in [0.717, 1.165) is 58.0 Å². The highest BCUT2D eigenvalue weighted by molar-refractivity contribution is 5.72. The van der Waals surface area contributed by atoms with Crippen LogP contribution in [0.3, 0.4) is 0 Å². The van der Waals surface area contributed by atoms with E-state index in [1.807, 2.05) is 13.0 Å². The monoisotopic (exact) mass is 560 g/mol. The van der Waals surface area contributed by atoms with Crippen LogP contribution in [0.25, 0.3) is 0 Å². The van der Waals surface area contributed by atoms with E-state index in [2.05, 4.69) is 48.3 Å². The Kier molecular flexibility index (Phi) is 16.1. The smallest absolute Gasteiger partial charge is 0.309 e. The summed E-state index contributed by atoms with van der Waals surface area (Å²) < 4.78 is 17.1. The molecule has 1 fully saturated rings. The molecule has 5 atom stereocenters. The minimum atomic E-state index is -0.748. The van der Waals surface area contributed by atoms with Gasteiger partial charge in [0.25, 0.3) is 0 Å². The number of hydrogen-bond donors (Lipinski definition) is 0. The lowest BCUT2D eigenvalue weighted by atomic mass is 9.86. The Morgan fingerprint density at radius 2 is 1.82 bits per heavy atom. The van der Waals surface area contributed by atoms with E-state index in [0.29, 0.717) is 25.2 Å². The molecular weight excluding hydrogens is 508 g/mol. The Morgan fingerprint density at radius 1 is 1.07 bits per heavy atom. The number of rotatable bonds is 10. The van der Waals surface area contributed by atoms with E-state index in [-0.39, 0.29) is 30.8 Å². The molecule has 0 amide bonds. The molecule has 8 heteroatoms. The molecule has 0 aromatic heterocycles. The number of benzene rings is 1. The van der Waals surface area contributed by atoms with E-state index < -0.39 is 18.2 Å². The summed E-state index contributed by atoms with van der Waals surface area (Å²) in [5.41, 5.74) is 1.36. The molecule has 1 saturated heterocycles. The quantitative estimate of drug-likeness (QED) is 0.218. The second-order valence-corrected chi connectivity index (χ2v) is 11.4. The van der Waals surface area contributed by atoms with Crippen molar-refractivity contribution in [3.63, 3.8) is 0 Å². The number of methoxy groups -OCH3 is 1. The van der Waals surface area contributed by atoms with Crippen molar-refractivity contribution in [1.29, 1.82) is 0 Å². The Hall–Kier alpha value is -2.29. The second-order valence-electron chi connectivity index (χ2n) is 11.4. The molecular formula is C32H52N2O6. The molecule has 0 saturated carbocycles. The van der Waals surface area contributed by atoms with E-state index in [9.17, 15) is 14.4 Å². The molecule has 226 valence electrons. The summed E-state index contributed by atoms with van der Waals surface area (Å²) >= 11 is 0. The molecule has 5 unspecified atom stereocenters. The molecule has 0 spiro atoms. The molecule has 0 radical (unpaired) electrons. The number of carbonyl (C=O) groups excluding carboxylic acids is 3. The van der Waals surface area contributed by atoms with Crippen LogP contribution in [0.2, 0.25) is 0 Å². The summed E-state index contributed by atoms with van der Waals surface area (Å²) in [4.78, 5) is 36.6. The summed E-state index contributed by atoms with van der Waals surface area (Å²) in [6, 6.07) is 10.6. The lowest BCUT2D eigenvalue weighted by molar-refractivity contribution is -0.165. The van der Waals surface area contributed by atoms with Gasteiger partial charge >= 0.3 is 11.9 Å². The van der Waals surface area contributed by atoms with Crippen molar-refractivity contribution in [2.75, 3.05) is 33.8 Å². The third-order valence-corrected chi connectivity index (χ3v) is 7.92. The molecule has 0 bridgehead atoms.